The van der Waals surface area contributed by atoms with E-state index in [-0.39, 0.29) is 0 Å². The van der Waals surface area contributed by atoms with E-state index in [4.69, 9.17) is 10.4 Å². The van der Waals surface area contributed by atoms with E-state index in [1.807, 2.05) is 0 Å². The topological polar surface area (TPSA) is 56.9 Å². The highest BCUT2D eigenvalue weighted by molar-refractivity contribution is 9.10. The third-order valence-electron chi connectivity index (χ3n) is 1.16. The molecule has 0 radical (unpaired) electrons. The molecular weight excluding hydrogens is 208 g/mol. The second kappa shape index (κ2) is 3.46. The zero-order valence-electron chi connectivity index (χ0n) is 5.53. The van der Waals surface area contributed by atoms with Gasteiger partial charge in [-0.25, -0.2) is 0 Å². The van der Waals surface area contributed by atoms with Gasteiger partial charge in [-0.2, -0.15) is 5.26 Å². The molecule has 0 aliphatic carbocycles. The number of rotatable bonds is 1. The minimum absolute atomic E-state index is 0.502. The van der Waals surface area contributed by atoms with Gasteiger partial charge in [0.15, 0.2) is 6.10 Å². The zero-order chi connectivity index (χ0) is 8.27. The average Bonchev–Trinajstić information content (AvgIpc) is 2.03. The van der Waals surface area contributed by atoms with Gasteiger partial charge in [0.1, 0.15) is 0 Å². The Kier molecular flexibility index (Phi) is 2.58. The lowest BCUT2D eigenvalue weighted by atomic mass is 10.2. The van der Waals surface area contributed by atoms with E-state index in [1.54, 1.807) is 18.3 Å². The molecule has 3 nitrogen and oxygen atoms in total. The first kappa shape index (κ1) is 8.18. The van der Waals surface area contributed by atoms with Crippen LogP contribution in [0.15, 0.2) is 22.9 Å². The standard InChI is InChI=1S/C7H5BrN2O/c8-6-1-5(3-10-4-6)7(11)2-9/h1,3-4,7,11H. The smallest absolute Gasteiger partial charge is 0.167 e. The van der Waals surface area contributed by atoms with Crippen molar-refractivity contribution < 1.29 is 5.11 Å². The van der Waals surface area contributed by atoms with E-state index in [0.717, 1.165) is 4.47 Å². The third kappa shape index (κ3) is 2.00. The molecule has 1 N–H and O–H groups in total. The average molecular weight is 213 g/mol. The van der Waals surface area contributed by atoms with E-state index in [9.17, 15) is 0 Å². The third-order valence-corrected chi connectivity index (χ3v) is 1.60. The van der Waals surface area contributed by atoms with Crippen molar-refractivity contribution in [3.05, 3.63) is 28.5 Å². The number of aromatic nitrogens is 1. The summed E-state index contributed by atoms with van der Waals surface area (Å²) in [7, 11) is 0. The molecule has 1 atom stereocenters. The largest absolute Gasteiger partial charge is 0.374 e. The van der Waals surface area contributed by atoms with Crippen LogP contribution in [-0.2, 0) is 0 Å². The maximum atomic E-state index is 9.03. The molecule has 1 rings (SSSR count). The Morgan fingerprint density at radius 1 is 1.64 bits per heavy atom. The fourth-order valence-corrected chi connectivity index (χ4v) is 1.03. The van der Waals surface area contributed by atoms with Gasteiger partial charge in [-0.3, -0.25) is 4.98 Å². The summed E-state index contributed by atoms with van der Waals surface area (Å²) in [5.74, 6) is 0. The first-order valence-corrected chi connectivity index (χ1v) is 3.71. The molecule has 56 valence electrons. The number of hydrogen-bond donors (Lipinski definition) is 1. The van der Waals surface area contributed by atoms with Crippen molar-refractivity contribution in [2.45, 2.75) is 6.10 Å². The van der Waals surface area contributed by atoms with Crippen molar-refractivity contribution in [2.75, 3.05) is 0 Å². The van der Waals surface area contributed by atoms with Gasteiger partial charge in [-0.1, -0.05) is 0 Å². The van der Waals surface area contributed by atoms with Crippen LogP contribution in [0.25, 0.3) is 0 Å². The van der Waals surface area contributed by atoms with Crippen LogP contribution in [0.4, 0.5) is 0 Å². The molecule has 1 unspecified atom stereocenters. The van der Waals surface area contributed by atoms with E-state index in [2.05, 4.69) is 20.9 Å². The molecule has 0 aliphatic heterocycles. The van der Waals surface area contributed by atoms with Crippen molar-refractivity contribution in [1.29, 1.82) is 5.26 Å². The summed E-state index contributed by atoms with van der Waals surface area (Å²) in [5, 5.41) is 17.4. The van der Waals surface area contributed by atoms with Crippen LogP contribution in [-0.4, -0.2) is 10.1 Å². The highest BCUT2D eigenvalue weighted by atomic mass is 79.9. The van der Waals surface area contributed by atoms with Gasteiger partial charge in [-0.15, -0.1) is 0 Å². The van der Waals surface area contributed by atoms with Crippen LogP contribution in [0, 0.1) is 11.3 Å². The van der Waals surface area contributed by atoms with Crippen LogP contribution >= 0.6 is 15.9 Å². The van der Waals surface area contributed by atoms with Gasteiger partial charge in [0, 0.05) is 22.4 Å². The molecular formula is C7H5BrN2O. The van der Waals surface area contributed by atoms with Crippen LogP contribution in [0.5, 0.6) is 0 Å². The Labute approximate surface area is 72.4 Å². The van der Waals surface area contributed by atoms with Crippen molar-refractivity contribution in [3.8, 4) is 6.07 Å². The number of halogens is 1. The maximum absolute atomic E-state index is 9.03. The fraction of sp³-hybridized carbons (Fsp3) is 0.143. The molecule has 0 saturated carbocycles. The number of pyridine rings is 1. The summed E-state index contributed by atoms with van der Waals surface area (Å²) < 4.78 is 0.754. The molecule has 0 spiro atoms. The lowest BCUT2D eigenvalue weighted by Crippen LogP contribution is -1.93. The second-order valence-corrected chi connectivity index (χ2v) is 2.88. The van der Waals surface area contributed by atoms with E-state index >= 15 is 0 Å². The molecule has 1 aromatic heterocycles. The summed E-state index contributed by atoms with van der Waals surface area (Å²) in [5.41, 5.74) is 0.502. The number of aliphatic hydroxyl groups is 1. The lowest BCUT2D eigenvalue weighted by molar-refractivity contribution is 0.235. The molecule has 1 heterocycles. The predicted octanol–water partition coefficient (Wildman–Crippen LogP) is 1.40. The minimum Gasteiger partial charge on any atom is -0.374 e. The lowest BCUT2D eigenvalue weighted by Gasteiger charge is -1.99. The Morgan fingerprint density at radius 3 is 2.91 bits per heavy atom. The summed E-state index contributed by atoms with van der Waals surface area (Å²) in [6.45, 7) is 0. The molecule has 11 heavy (non-hydrogen) atoms. The summed E-state index contributed by atoms with van der Waals surface area (Å²) in [6, 6.07) is 3.36. The van der Waals surface area contributed by atoms with Crippen molar-refractivity contribution in [3.63, 3.8) is 0 Å². The summed E-state index contributed by atoms with van der Waals surface area (Å²) in [4.78, 5) is 3.80. The van der Waals surface area contributed by atoms with Gasteiger partial charge >= 0.3 is 0 Å². The molecule has 0 amide bonds. The normalized spacial score (nSPS) is 12.1. The quantitative estimate of drug-likeness (QED) is 0.717. The van der Waals surface area contributed by atoms with Gasteiger partial charge in [0.2, 0.25) is 0 Å². The molecule has 1 aromatic rings. The van der Waals surface area contributed by atoms with Crippen LogP contribution in [0.1, 0.15) is 11.7 Å². The van der Waals surface area contributed by atoms with Gasteiger partial charge < -0.3 is 5.11 Å². The van der Waals surface area contributed by atoms with Crippen LogP contribution < -0.4 is 0 Å². The Balaban J connectivity index is 2.98. The SMILES string of the molecule is N#CC(O)c1cncc(Br)c1. The highest BCUT2D eigenvalue weighted by Gasteiger charge is 2.04. The van der Waals surface area contributed by atoms with Gasteiger partial charge in [-0.05, 0) is 22.0 Å². The monoisotopic (exact) mass is 212 g/mol. The molecule has 0 aromatic carbocycles. The summed E-state index contributed by atoms with van der Waals surface area (Å²) >= 11 is 3.18. The van der Waals surface area contributed by atoms with E-state index in [0.29, 0.717) is 5.56 Å². The Morgan fingerprint density at radius 2 is 2.36 bits per heavy atom. The van der Waals surface area contributed by atoms with Crippen molar-refractivity contribution in [1.82, 2.24) is 4.98 Å². The van der Waals surface area contributed by atoms with E-state index in [1.165, 1.54) is 6.20 Å². The van der Waals surface area contributed by atoms with Crippen LogP contribution in [0.2, 0.25) is 0 Å². The Bertz CT molecular complexity index is 295. The van der Waals surface area contributed by atoms with E-state index < -0.39 is 6.10 Å². The van der Waals surface area contributed by atoms with Crippen molar-refractivity contribution in [2.24, 2.45) is 0 Å². The molecule has 0 fully saturated rings. The minimum atomic E-state index is -1.08. The maximum Gasteiger partial charge on any atom is 0.167 e. The number of nitrogens with zero attached hydrogens (tertiary/aromatic N) is 2. The molecule has 4 heteroatoms. The van der Waals surface area contributed by atoms with Crippen LogP contribution in [0.3, 0.4) is 0 Å². The van der Waals surface area contributed by atoms with Crippen molar-refractivity contribution >= 4 is 15.9 Å². The fourth-order valence-electron chi connectivity index (χ4n) is 0.652. The molecule has 0 saturated heterocycles. The first-order chi connectivity index (χ1) is 5.24. The highest BCUT2D eigenvalue weighted by Crippen LogP contribution is 2.15. The summed E-state index contributed by atoms with van der Waals surface area (Å²) in [6.07, 6.45) is 1.96. The van der Waals surface area contributed by atoms with Gasteiger partial charge in [0.25, 0.3) is 0 Å². The zero-order valence-corrected chi connectivity index (χ0v) is 7.12. The van der Waals surface area contributed by atoms with Gasteiger partial charge in [0.05, 0.1) is 6.07 Å². The molecule has 0 aliphatic rings. The Hall–Kier alpha value is -0.920. The number of hydrogen-bond acceptors (Lipinski definition) is 3. The molecule has 0 bridgehead atoms. The second-order valence-electron chi connectivity index (χ2n) is 1.97. The predicted molar refractivity (Wildman–Crippen MR) is 42.5 cm³/mol. The number of nitriles is 1. The first-order valence-electron chi connectivity index (χ1n) is 2.92. The number of aliphatic hydroxyl groups excluding tert-OH is 1.